The molecule has 0 radical (unpaired) electrons. The van der Waals surface area contributed by atoms with E-state index < -0.39 is 0 Å². The lowest BCUT2D eigenvalue weighted by Crippen LogP contribution is -2.16. The van der Waals surface area contributed by atoms with Crippen molar-refractivity contribution in [1.29, 1.82) is 0 Å². The molecular formula is C13H23N. The Morgan fingerprint density at radius 1 is 1.43 bits per heavy atom. The Morgan fingerprint density at radius 3 is 2.43 bits per heavy atom. The Labute approximate surface area is 88.8 Å². The third-order valence-corrected chi connectivity index (χ3v) is 2.48. The Bertz CT molecular complexity index is 223. The van der Waals surface area contributed by atoms with Crippen LogP contribution in [0.2, 0.25) is 0 Å². The number of hydrogen-bond donors (Lipinski definition) is 0. The summed E-state index contributed by atoms with van der Waals surface area (Å²) in [6.45, 7) is 13.2. The lowest BCUT2D eigenvalue weighted by Gasteiger charge is -2.17. The van der Waals surface area contributed by atoms with Gasteiger partial charge in [-0.15, -0.1) is 0 Å². The average molecular weight is 193 g/mol. The van der Waals surface area contributed by atoms with E-state index in [2.05, 4.69) is 46.0 Å². The van der Waals surface area contributed by atoms with Gasteiger partial charge in [0.2, 0.25) is 0 Å². The maximum Gasteiger partial charge on any atom is -0.00191 e. The summed E-state index contributed by atoms with van der Waals surface area (Å²) < 4.78 is 0. The molecule has 1 unspecified atom stereocenters. The van der Waals surface area contributed by atoms with E-state index in [9.17, 15) is 0 Å². The van der Waals surface area contributed by atoms with Gasteiger partial charge in [-0.05, 0) is 51.0 Å². The van der Waals surface area contributed by atoms with Crippen LogP contribution in [0.4, 0.5) is 0 Å². The van der Waals surface area contributed by atoms with Gasteiger partial charge in [0.15, 0.2) is 0 Å². The Balaban J connectivity index is 4.12. The highest BCUT2D eigenvalue weighted by molar-refractivity contribution is 5.30. The summed E-state index contributed by atoms with van der Waals surface area (Å²) in [5, 5.41) is 0. The van der Waals surface area contributed by atoms with E-state index in [1.165, 1.54) is 11.1 Å². The predicted molar refractivity (Wildman–Crippen MR) is 65.4 cm³/mol. The molecule has 0 aliphatic rings. The molecule has 0 rings (SSSR count). The van der Waals surface area contributed by atoms with E-state index in [-0.39, 0.29) is 0 Å². The Morgan fingerprint density at radius 2 is 2.00 bits per heavy atom. The van der Waals surface area contributed by atoms with Crippen molar-refractivity contribution in [2.45, 2.75) is 20.3 Å². The molecule has 80 valence electrons. The largest absolute Gasteiger partial charge is 0.309 e. The molecule has 0 fully saturated rings. The van der Waals surface area contributed by atoms with Gasteiger partial charge in [0.25, 0.3) is 0 Å². The molecule has 0 saturated heterocycles. The van der Waals surface area contributed by atoms with E-state index in [0.29, 0.717) is 5.92 Å². The molecule has 0 spiro atoms. The minimum absolute atomic E-state index is 0.550. The van der Waals surface area contributed by atoms with Crippen LogP contribution >= 0.6 is 0 Å². The molecule has 1 heteroatoms. The van der Waals surface area contributed by atoms with Crippen molar-refractivity contribution in [3.63, 3.8) is 0 Å². The van der Waals surface area contributed by atoms with Crippen molar-refractivity contribution >= 4 is 0 Å². The third-order valence-electron chi connectivity index (χ3n) is 2.48. The van der Waals surface area contributed by atoms with Crippen molar-refractivity contribution in [1.82, 2.24) is 4.90 Å². The molecule has 0 bridgehead atoms. The summed E-state index contributed by atoms with van der Waals surface area (Å²) >= 11 is 0. The summed E-state index contributed by atoms with van der Waals surface area (Å²) in [4.78, 5) is 2.20. The van der Waals surface area contributed by atoms with Gasteiger partial charge in [0.05, 0.1) is 0 Å². The zero-order chi connectivity index (χ0) is 11.1. The summed E-state index contributed by atoms with van der Waals surface area (Å²) in [5.74, 6) is 0.550. The normalized spacial score (nSPS) is 14.2. The van der Waals surface area contributed by atoms with Crippen molar-refractivity contribution in [3.05, 3.63) is 36.5 Å². The van der Waals surface area contributed by atoms with Gasteiger partial charge in [-0.3, -0.25) is 0 Å². The Kier molecular flexibility index (Phi) is 6.22. The molecule has 0 aromatic heterocycles. The molecule has 1 nitrogen and oxygen atoms in total. The number of rotatable bonds is 6. The summed E-state index contributed by atoms with van der Waals surface area (Å²) in [6, 6.07) is 0. The maximum atomic E-state index is 4.12. The molecule has 0 saturated carbocycles. The SMILES string of the molecule is C=C/C=C(/C)C(=C)C(C)CCN(C)C. The quantitative estimate of drug-likeness (QED) is 0.585. The average Bonchev–Trinajstić information content (AvgIpc) is 2.13. The second kappa shape index (κ2) is 6.61. The molecule has 0 aliphatic carbocycles. The van der Waals surface area contributed by atoms with Gasteiger partial charge in [-0.25, -0.2) is 0 Å². The lowest BCUT2D eigenvalue weighted by molar-refractivity contribution is 0.376. The molecule has 1 atom stereocenters. The topological polar surface area (TPSA) is 3.24 Å². The van der Waals surface area contributed by atoms with Crippen LogP contribution in [-0.4, -0.2) is 25.5 Å². The first-order valence-corrected chi connectivity index (χ1v) is 5.12. The van der Waals surface area contributed by atoms with Crippen molar-refractivity contribution in [3.8, 4) is 0 Å². The van der Waals surface area contributed by atoms with E-state index >= 15 is 0 Å². The van der Waals surface area contributed by atoms with E-state index in [1.54, 1.807) is 0 Å². The van der Waals surface area contributed by atoms with E-state index in [0.717, 1.165) is 13.0 Å². The van der Waals surface area contributed by atoms with Crippen LogP contribution in [0, 0.1) is 5.92 Å². The van der Waals surface area contributed by atoms with Crippen molar-refractivity contribution in [2.75, 3.05) is 20.6 Å². The van der Waals surface area contributed by atoms with Gasteiger partial charge in [-0.1, -0.05) is 32.2 Å². The van der Waals surface area contributed by atoms with Crippen LogP contribution in [0.3, 0.4) is 0 Å². The fourth-order valence-corrected chi connectivity index (χ4v) is 1.30. The summed E-state index contributed by atoms with van der Waals surface area (Å²) in [7, 11) is 4.20. The number of hydrogen-bond acceptors (Lipinski definition) is 1. The molecule has 14 heavy (non-hydrogen) atoms. The second-order valence-electron chi connectivity index (χ2n) is 4.10. The highest BCUT2D eigenvalue weighted by Gasteiger charge is 2.07. The number of nitrogens with zero attached hydrogens (tertiary/aromatic N) is 1. The minimum Gasteiger partial charge on any atom is -0.309 e. The molecule has 0 aromatic rings. The van der Waals surface area contributed by atoms with Gasteiger partial charge in [0.1, 0.15) is 0 Å². The Hall–Kier alpha value is -0.820. The zero-order valence-electron chi connectivity index (χ0n) is 10.0. The molecule has 0 aromatic carbocycles. The van der Waals surface area contributed by atoms with Gasteiger partial charge in [-0.2, -0.15) is 0 Å². The van der Waals surface area contributed by atoms with E-state index in [1.807, 2.05) is 12.2 Å². The third kappa shape index (κ3) is 5.03. The minimum atomic E-state index is 0.550. The van der Waals surface area contributed by atoms with Crippen LogP contribution in [-0.2, 0) is 0 Å². The van der Waals surface area contributed by atoms with Gasteiger partial charge >= 0.3 is 0 Å². The molecule has 0 aliphatic heterocycles. The van der Waals surface area contributed by atoms with Crippen LogP contribution in [0.15, 0.2) is 36.5 Å². The molecule has 0 amide bonds. The fraction of sp³-hybridized carbons (Fsp3) is 0.538. The number of allylic oxidation sites excluding steroid dienone is 4. The zero-order valence-corrected chi connectivity index (χ0v) is 10.0. The van der Waals surface area contributed by atoms with Crippen molar-refractivity contribution < 1.29 is 0 Å². The first-order valence-electron chi connectivity index (χ1n) is 5.12. The van der Waals surface area contributed by atoms with Crippen LogP contribution < -0.4 is 0 Å². The first kappa shape index (κ1) is 13.2. The predicted octanol–water partition coefficient (Wildman–Crippen LogP) is 3.26. The molecule has 0 heterocycles. The smallest absolute Gasteiger partial charge is 0.00191 e. The molecular weight excluding hydrogens is 170 g/mol. The first-order chi connectivity index (χ1) is 6.49. The maximum absolute atomic E-state index is 4.12. The van der Waals surface area contributed by atoms with E-state index in [4.69, 9.17) is 0 Å². The summed E-state index contributed by atoms with van der Waals surface area (Å²) in [5.41, 5.74) is 2.47. The van der Waals surface area contributed by atoms with Crippen molar-refractivity contribution in [2.24, 2.45) is 5.92 Å². The second-order valence-corrected chi connectivity index (χ2v) is 4.10. The summed E-state index contributed by atoms with van der Waals surface area (Å²) in [6.07, 6.45) is 5.00. The van der Waals surface area contributed by atoms with Gasteiger partial charge in [0, 0.05) is 0 Å². The van der Waals surface area contributed by atoms with Gasteiger partial charge < -0.3 is 4.90 Å². The van der Waals surface area contributed by atoms with Crippen LogP contribution in [0.5, 0.6) is 0 Å². The highest BCUT2D eigenvalue weighted by Crippen LogP contribution is 2.20. The lowest BCUT2D eigenvalue weighted by atomic mass is 9.93. The highest BCUT2D eigenvalue weighted by atomic mass is 15.0. The monoisotopic (exact) mass is 193 g/mol. The molecule has 0 N–H and O–H groups in total. The fourth-order valence-electron chi connectivity index (χ4n) is 1.30. The standard InChI is InChI=1S/C13H23N/c1-7-8-11(2)13(4)12(3)9-10-14(5)6/h7-8,12H,1,4,9-10H2,2-3,5-6H3/b11-8-. The van der Waals surface area contributed by atoms with Crippen LogP contribution in [0.1, 0.15) is 20.3 Å². The van der Waals surface area contributed by atoms with Crippen LogP contribution in [0.25, 0.3) is 0 Å².